The molecule has 1 aromatic carbocycles. The Hall–Kier alpha value is -3.02. The summed E-state index contributed by atoms with van der Waals surface area (Å²) < 4.78 is 24.6. The molecule has 1 atom stereocenters. The molecule has 1 saturated heterocycles. The number of urea groups is 1. The van der Waals surface area contributed by atoms with E-state index in [1.165, 1.54) is 28.4 Å². The van der Waals surface area contributed by atoms with Crippen LogP contribution >= 0.6 is 11.3 Å². The molecule has 0 spiro atoms. The minimum atomic E-state index is -3.52. The lowest BCUT2D eigenvalue weighted by molar-refractivity contribution is 0.0935. The van der Waals surface area contributed by atoms with Gasteiger partial charge in [0.15, 0.2) is 9.84 Å². The lowest BCUT2D eigenvalue weighted by Gasteiger charge is -2.29. The number of anilines is 3. The van der Waals surface area contributed by atoms with Gasteiger partial charge < -0.3 is 16.0 Å². The van der Waals surface area contributed by atoms with Gasteiger partial charge in [-0.05, 0) is 70.5 Å². The number of pyridine rings is 1. The Labute approximate surface area is 207 Å². The van der Waals surface area contributed by atoms with Gasteiger partial charge in [-0.3, -0.25) is 9.69 Å². The molecule has 35 heavy (non-hydrogen) atoms. The third-order valence-corrected chi connectivity index (χ3v) is 9.90. The average Bonchev–Trinajstić information content (AvgIpc) is 3.19. The van der Waals surface area contributed by atoms with Gasteiger partial charge in [-0.1, -0.05) is 0 Å². The van der Waals surface area contributed by atoms with Crippen LogP contribution in [0.1, 0.15) is 43.3 Å². The lowest BCUT2D eigenvalue weighted by Crippen LogP contribution is -2.45. The number of nitrogens with one attached hydrogen (secondary N) is 3. The number of rotatable bonds is 4. The number of hydrogen-bond donors (Lipinski definition) is 3. The number of carbonyl (C=O) groups is 2. The number of carbonyl (C=O) groups excluding carboxylic acids is 2. The van der Waals surface area contributed by atoms with Crippen LogP contribution < -0.4 is 20.9 Å². The van der Waals surface area contributed by atoms with Crippen molar-refractivity contribution in [2.75, 3.05) is 23.3 Å². The quantitative estimate of drug-likeness (QED) is 0.484. The van der Waals surface area contributed by atoms with E-state index in [4.69, 9.17) is 0 Å². The summed E-state index contributed by atoms with van der Waals surface area (Å²) in [6, 6.07) is 7.60. The van der Waals surface area contributed by atoms with Crippen LogP contribution in [-0.2, 0) is 9.84 Å². The Kier molecular flexibility index (Phi) is 5.81. The molecular weight excluding hydrogens is 486 g/mol. The second kappa shape index (κ2) is 8.58. The highest BCUT2D eigenvalue weighted by Crippen LogP contribution is 2.45. The van der Waals surface area contributed by atoms with Crippen molar-refractivity contribution in [2.45, 2.75) is 49.3 Å². The van der Waals surface area contributed by atoms with E-state index in [0.29, 0.717) is 32.2 Å². The summed E-state index contributed by atoms with van der Waals surface area (Å²) >= 11 is 1.24. The number of sulfone groups is 1. The summed E-state index contributed by atoms with van der Waals surface area (Å²) in [6.45, 7) is 6.62. The zero-order valence-corrected chi connectivity index (χ0v) is 21.3. The van der Waals surface area contributed by atoms with Gasteiger partial charge in [-0.15, -0.1) is 11.3 Å². The van der Waals surface area contributed by atoms with Crippen molar-refractivity contribution in [3.05, 3.63) is 41.4 Å². The van der Waals surface area contributed by atoms with Gasteiger partial charge in [0.1, 0.15) is 9.71 Å². The van der Waals surface area contributed by atoms with Crippen LogP contribution in [0.15, 0.2) is 41.4 Å². The predicted molar refractivity (Wildman–Crippen MR) is 138 cm³/mol. The standard InChI is InChI=1S/C24H27N5O4S2/c1-24(2,3)35(32,33)16-8-6-15(7-9-16)29-17-10-12-26-22-18(17)19(28-23(29)31)20(34-22)21(30)27-14-5-4-11-25-13-14/h6-10,12,14,25H,4-5,11,13H2,1-3H3,(H,27,30)(H,28,31)/t14-/m1/s1. The van der Waals surface area contributed by atoms with Gasteiger partial charge >= 0.3 is 6.03 Å². The van der Waals surface area contributed by atoms with Crippen LogP contribution in [0, 0.1) is 0 Å². The van der Waals surface area contributed by atoms with E-state index in [0.717, 1.165) is 25.9 Å². The van der Waals surface area contributed by atoms with Crippen LogP contribution in [-0.4, -0.2) is 49.2 Å². The highest BCUT2D eigenvalue weighted by molar-refractivity contribution is 7.92. The summed E-state index contributed by atoms with van der Waals surface area (Å²) in [5.41, 5.74) is 1.57. The monoisotopic (exact) mass is 513 g/mol. The molecule has 4 heterocycles. The average molecular weight is 514 g/mol. The normalized spacial score (nSPS) is 18.4. The Balaban J connectivity index is 1.51. The van der Waals surface area contributed by atoms with Crippen LogP contribution in [0.5, 0.6) is 0 Å². The van der Waals surface area contributed by atoms with Gasteiger partial charge in [-0.25, -0.2) is 18.2 Å². The lowest BCUT2D eigenvalue weighted by atomic mass is 10.1. The number of thiophene rings is 1. The Morgan fingerprint density at radius 3 is 2.60 bits per heavy atom. The molecule has 3 amide bonds. The molecule has 0 unspecified atom stereocenters. The molecule has 2 aromatic heterocycles. The van der Waals surface area contributed by atoms with Crippen molar-refractivity contribution in [1.29, 1.82) is 0 Å². The summed E-state index contributed by atoms with van der Waals surface area (Å²) in [7, 11) is -3.52. The SMILES string of the molecule is CC(C)(C)S(=O)(=O)c1ccc(N2C(=O)Nc3c(C(=O)N[C@@H]4CCCNC4)sc4nccc2c34)cc1. The third-order valence-electron chi connectivity index (χ3n) is 6.30. The van der Waals surface area contributed by atoms with Crippen LogP contribution in [0.2, 0.25) is 0 Å². The van der Waals surface area contributed by atoms with Crippen LogP contribution in [0.3, 0.4) is 0 Å². The van der Waals surface area contributed by atoms with Gasteiger partial charge in [0.05, 0.1) is 32.1 Å². The predicted octanol–water partition coefficient (Wildman–Crippen LogP) is 4.03. The van der Waals surface area contributed by atoms with Crippen molar-refractivity contribution in [1.82, 2.24) is 15.6 Å². The summed E-state index contributed by atoms with van der Waals surface area (Å²) in [6.07, 6.45) is 3.51. The molecule has 11 heteroatoms. The Bertz CT molecular complexity index is 1420. The van der Waals surface area contributed by atoms with Crippen molar-refractivity contribution in [2.24, 2.45) is 0 Å². The Morgan fingerprint density at radius 1 is 1.20 bits per heavy atom. The molecule has 0 saturated carbocycles. The molecule has 1 fully saturated rings. The number of nitrogens with zero attached hydrogens (tertiary/aromatic N) is 2. The second-order valence-corrected chi connectivity index (χ2v) is 13.4. The van der Waals surface area contributed by atoms with E-state index in [9.17, 15) is 18.0 Å². The van der Waals surface area contributed by atoms with Crippen molar-refractivity contribution in [3.8, 4) is 0 Å². The topological polar surface area (TPSA) is 121 Å². The summed E-state index contributed by atoms with van der Waals surface area (Å²) in [5, 5.41) is 9.91. The largest absolute Gasteiger partial charge is 0.347 e. The minimum absolute atomic E-state index is 0.0415. The smallest absolute Gasteiger partial charge is 0.331 e. The first kappa shape index (κ1) is 23.7. The molecule has 184 valence electrons. The summed E-state index contributed by atoms with van der Waals surface area (Å²) in [4.78, 5) is 33.5. The van der Waals surface area contributed by atoms with Gasteiger partial charge in [0, 0.05) is 18.8 Å². The number of hydrogen-bond acceptors (Lipinski definition) is 7. The van der Waals surface area contributed by atoms with E-state index < -0.39 is 20.6 Å². The van der Waals surface area contributed by atoms with Gasteiger partial charge in [0.25, 0.3) is 5.91 Å². The van der Waals surface area contributed by atoms with Gasteiger partial charge in [-0.2, -0.15) is 0 Å². The zero-order valence-electron chi connectivity index (χ0n) is 19.7. The maximum absolute atomic E-state index is 13.2. The first-order valence-corrected chi connectivity index (χ1v) is 13.8. The van der Waals surface area contributed by atoms with Crippen LogP contribution in [0.4, 0.5) is 21.9 Å². The molecule has 5 rings (SSSR count). The highest BCUT2D eigenvalue weighted by Gasteiger charge is 2.34. The number of aromatic nitrogens is 1. The molecule has 9 nitrogen and oxygen atoms in total. The molecular formula is C24H27N5O4S2. The third kappa shape index (κ3) is 4.07. The van der Waals surface area contributed by atoms with E-state index in [2.05, 4.69) is 20.9 Å². The first-order valence-electron chi connectivity index (χ1n) is 11.5. The molecule has 2 aliphatic rings. The first-order chi connectivity index (χ1) is 16.6. The van der Waals surface area contributed by atoms with E-state index in [1.54, 1.807) is 45.2 Å². The zero-order chi connectivity index (χ0) is 25.0. The number of benzene rings is 1. The molecule has 2 aliphatic heterocycles. The molecule has 0 aliphatic carbocycles. The van der Waals surface area contributed by atoms with Gasteiger partial charge in [0.2, 0.25) is 0 Å². The summed E-state index contributed by atoms with van der Waals surface area (Å²) in [5.74, 6) is -0.229. The van der Waals surface area contributed by atoms with Crippen molar-refractivity contribution >= 4 is 60.4 Å². The van der Waals surface area contributed by atoms with E-state index >= 15 is 0 Å². The maximum Gasteiger partial charge on any atom is 0.331 e. The van der Waals surface area contributed by atoms with Crippen molar-refractivity contribution < 1.29 is 18.0 Å². The second-order valence-electron chi connectivity index (χ2n) is 9.71. The fourth-order valence-electron chi connectivity index (χ4n) is 4.35. The molecule has 3 aromatic rings. The number of piperidine rings is 1. The fraction of sp³-hybridized carbons (Fsp3) is 0.375. The minimum Gasteiger partial charge on any atom is -0.347 e. The Morgan fingerprint density at radius 2 is 1.94 bits per heavy atom. The molecule has 3 N–H and O–H groups in total. The van der Waals surface area contributed by atoms with Crippen molar-refractivity contribution in [3.63, 3.8) is 0 Å². The molecule has 0 bridgehead atoms. The fourth-order valence-corrected chi connectivity index (χ4v) is 6.58. The van der Waals surface area contributed by atoms with E-state index in [1.807, 2.05) is 0 Å². The van der Waals surface area contributed by atoms with Crippen LogP contribution in [0.25, 0.3) is 10.2 Å². The maximum atomic E-state index is 13.2. The number of amides is 3. The van der Waals surface area contributed by atoms with E-state index in [-0.39, 0.29) is 16.8 Å². The highest BCUT2D eigenvalue weighted by atomic mass is 32.2. The molecule has 0 radical (unpaired) electrons.